The van der Waals surface area contributed by atoms with E-state index in [0.717, 1.165) is 5.56 Å². The van der Waals surface area contributed by atoms with Gasteiger partial charge in [-0.2, -0.15) is 0 Å². The zero-order valence-electron chi connectivity index (χ0n) is 23.4. The maximum atomic E-state index is 13.7. The third-order valence-corrected chi connectivity index (χ3v) is 7.12. The molecule has 0 saturated carbocycles. The molecule has 0 fully saturated rings. The van der Waals surface area contributed by atoms with Gasteiger partial charge in [0.25, 0.3) is 17.7 Å². The Balaban J connectivity index is 1.67. The fraction of sp³-hybridized carbons (Fsp3) is 0.367. The molecule has 3 heterocycles. The molecule has 1 aromatic carbocycles. The Kier molecular flexibility index (Phi) is 8.79. The summed E-state index contributed by atoms with van der Waals surface area (Å²) in [4.78, 5) is 52.3. The Bertz CT molecular complexity index is 1360. The van der Waals surface area contributed by atoms with E-state index < -0.39 is 12.1 Å². The van der Waals surface area contributed by atoms with Gasteiger partial charge in [0, 0.05) is 68.9 Å². The fourth-order valence-corrected chi connectivity index (χ4v) is 4.61. The monoisotopic (exact) mass is 545 g/mol. The van der Waals surface area contributed by atoms with Crippen molar-refractivity contribution in [1.29, 1.82) is 0 Å². The van der Waals surface area contributed by atoms with Gasteiger partial charge in [-0.25, -0.2) is 4.98 Å². The van der Waals surface area contributed by atoms with Crippen LogP contribution in [0, 0.1) is 5.92 Å². The highest BCUT2D eigenvalue weighted by atomic mass is 16.5. The molecule has 1 N–H and O–H groups in total. The normalized spacial score (nSPS) is 17.6. The highest BCUT2D eigenvalue weighted by molar-refractivity contribution is 5.98. The van der Waals surface area contributed by atoms with E-state index in [-0.39, 0.29) is 48.2 Å². The standard InChI is InChI=1S/C30H35N5O5/c1-19-16-35(20(2)18-36)30(39)25-14-24(21-6-8-22(9-7-21)28(37)33(3)4)15-32-27(25)40-26(19)17-34(5)29(38)23-10-12-31-13-11-23/h6-15,19-20,26,36H,16-18H2,1-5H3/t19-,20+,26+/m1/s1. The quantitative estimate of drug-likeness (QED) is 0.485. The Hall–Kier alpha value is -4.31. The fourth-order valence-electron chi connectivity index (χ4n) is 4.61. The largest absolute Gasteiger partial charge is 0.472 e. The predicted octanol–water partition coefficient (Wildman–Crippen LogP) is 2.84. The minimum absolute atomic E-state index is 0.104. The minimum Gasteiger partial charge on any atom is -0.472 e. The van der Waals surface area contributed by atoms with Crippen molar-refractivity contribution in [3.05, 3.63) is 77.7 Å². The summed E-state index contributed by atoms with van der Waals surface area (Å²) in [6.07, 6.45) is 4.30. The molecular formula is C30H35N5O5. The van der Waals surface area contributed by atoms with E-state index in [9.17, 15) is 19.5 Å². The van der Waals surface area contributed by atoms with Gasteiger partial charge in [0.2, 0.25) is 5.88 Å². The summed E-state index contributed by atoms with van der Waals surface area (Å²) in [7, 11) is 5.10. The molecule has 10 nitrogen and oxygen atoms in total. The first-order valence-corrected chi connectivity index (χ1v) is 13.2. The van der Waals surface area contributed by atoms with Crippen molar-refractivity contribution in [1.82, 2.24) is 24.7 Å². The van der Waals surface area contributed by atoms with Gasteiger partial charge < -0.3 is 24.5 Å². The Morgan fingerprint density at radius 3 is 2.33 bits per heavy atom. The van der Waals surface area contributed by atoms with Crippen molar-refractivity contribution in [3.63, 3.8) is 0 Å². The van der Waals surface area contributed by atoms with E-state index in [2.05, 4.69) is 9.97 Å². The molecule has 0 radical (unpaired) electrons. The lowest BCUT2D eigenvalue weighted by molar-refractivity contribution is 0.0313. The molecule has 1 aliphatic heterocycles. The molecule has 4 rings (SSSR count). The minimum atomic E-state index is -0.467. The second kappa shape index (κ2) is 12.3. The molecule has 3 atom stereocenters. The zero-order chi connectivity index (χ0) is 29.0. The van der Waals surface area contributed by atoms with Crippen LogP contribution in [0.4, 0.5) is 0 Å². The van der Waals surface area contributed by atoms with E-state index >= 15 is 0 Å². The highest BCUT2D eigenvalue weighted by Gasteiger charge is 2.35. The Morgan fingerprint density at radius 1 is 1.05 bits per heavy atom. The molecule has 0 saturated heterocycles. The smallest absolute Gasteiger partial charge is 0.259 e. The van der Waals surface area contributed by atoms with Gasteiger partial charge in [-0.1, -0.05) is 19.1 Å². The van der Waals surface area contributed by atoms with E-state index in [0.29, 0.717) is 23.2 Å². The van der Waals surface area contributed by atoms with Crippen LogP contribution < -0.4 is 4.74 Å². The van der Waals surface area contributed by atoms with Gasteiger partial charge in [-0.05, 0) is 42.8 Å². The van der Waals surface area contributed by atoms with Crippen molar-refractivity contribution in [3.8, 4) is 17.0 Å². The number of benzene rings is 1. The summed E-state index contributed by atoms with van der Waals surface area (Å²) in [5.41, 5.74) is 2.81. The van der Waals surface area contributed by atoms with Gasteiger partial charge >= 0.3 is 0 Å². The number of nitrogens with zero attached hydrogens (tertiary/aromatic N) is 5. The number of aliphatic hydroxyl groups excluding tert-OH is 1. The lowest BCUT2D eigenvalue weighted by Crippen LogP contribution is -2.50. The maximum Gasteiger partial charge on any atom is 0.259 e. The van der Waals surface area contributed by atoms with Crippen molar-refractivity contribution in [2.24, 2.45) is 5.92 Å². The maximum absolute atomic E-state index is 13.7. The predicted molar refractivity (Wildman–Crippen MR) is 150 cm³/mol. The summed E-state index contributed by atoms with van der Waals surface area (Å²) in [5, 5.41) is 9.92. The third kappa shape index (κ3) is 6.12. The molecule has 0 bridgehead atoms. The molecule has 0 unspecified atom stereocenters. The van der Waals surface area contributed by atoms with Crippen LogP contribution in [0.5, 0.6) is 5.88 Å². The van der Waals surface area contributed by atoms with E-state index in [1.807, 2.05) is 19.1 Å². The van der Waals surface area contributed by atoms with Crippen molar-refractivity contribution in [2.75, 3.05) is 40.8 Å². The number of pyridine rings is 2. The molecule has 1 aliphatic rings. The lowest BCUT2D eigenvalue weighted by atomic mass is 9.98. The van der Waals surface area contributed by atoms with Gasteiger partial charge in [0.1, 0.15) is 11.7 Å². The number of carbonyl (C=O) groups excluding carboxylic acids is 3. The first-order valence-electron chi connectivity index (χ1n) is 13.2. The number of carbonyl (C=O) groups is 3. The van der Waals surface area contributed by atoms with Gasteiger partial charge in [-0.3, -0.25) is 19.4 Å². The van der Waals surface area contributed by atoms with Crippen LogP contribution in [0.2, 0.25) is 0 Å². The van der Waals surface area contributed by atoms with Crippen LogP contribution in [-0.2, 0) is 0 Å². The molecule has 0 aliphatic carbocycles. The van der Waals surface area contributed by atoms with Crippen molar-refractivity contribution >= 4 is 17.7 Å². The van der Waals surface area contributed by atoms with Crippen molar-refractivity contribution < 1.29 is 24.2 Å². The molecule has 40 heavy (non-hydrogen) atoms. The summed E-state index contributed by atoms with van der Waals surface area (Å²) in [6, 6.07) is 11.7. The first-order chi connectivity index (χ1) is 19.1. The van der Waals surface area contributed by atoms with Crippen LogP contribution in [0.25, 0.3) is 11.1 Å². The Labute approximate surface area is 234 Å². The van der Waals surface area contributed by atoms with Crippen LogP contribution >= 0.6 is 0 Å². The van der Waals surface area contributed by atoms with Gasteiger partial charge in [0.05, 0.1) is 19.2 Å². The summed E-state index contributed by atoms with van der Waals surface area (Å²) in [5.74, 6) is -0.562. The summed E-state index contributed by atoms with van der Waals surface area (Å²) >= 11 is 0. The first kappa shape index (κ1) is 28.7. The van der Waals surface area contributed by atoms with Crippen LogP contribution in [0.3, 0.4) is 0 Å². The van der Waals surface area contributed by atoms with E-state index in [4.69, 9.17) is 4.74 Å². The molecule has 10 heteroatoms. The second-order valence-electron chi connectivity index (χ2n) is 10.4. The van der Waals surface area contributed by atoms with Crippen LogP contribution in [0.1, 0.15) is 44.9 Å². The number of aromatic nitrogens is 2. The number of hydrogen-bond donors (Lipinski definition) is 1. The number of amides is 3. The molecular weight excluding hydrogens is 510 g/mol. The second-order valence-corrected chi connectivity index (χ2v) is 10.4. The third-order valence-electron chi connectivity index (χ3n) is 7.12. The number of rotatable bonds is 7. The van der Waals surface area contributed by atoms with E-state index in [1.165, 1.54) is 4.90 Å². The molecule has 0 spiro atoms. The SMILES string of the molecule is C[C@@H]1CN([C@@H](C)CO)C(=O)c2cc(-c3ccc(C(=O)N(C)C)cc3)cnc2O[C@H]1CN(C)C(=O)c1ccncc1. The lowest BCUT2D eigenvalue weighted by Gasteiger charge is -2.37. The molecule has 2 aromatic heterocycles. The van der Waals surface area contributed by atoms with Gasteiger partial charge in [0.15, 0.2) is 0 Å². The van der Waals surface area contributed by atoms with Crippen LogP contribution in [0.15, 0.2) is 61.1 Å². The van der Waals surface area contributed by atoms with Crippen LogP contribution in [-0.4, -0.2) is 100 Å². The van der Waals surface area contributed by atoms with Gasteiger partial charge in [-0.15, -0.1) is 0 Å². The molecule has 3 aromatic rings. The number of hydrogen-bond acceptors (Lipinski definition) is 7. The molecule has 3 amide bonds. The number of aliphatic hydroxyl groups is 1. The number of likely N-dealkylation sites (N-methyl/N-ethyl adjacent to an activating group) is 1. The van der Waals surface area contributed by atoms with E-state index in [1.54, 1.807) is 86.8 Å². The zero-order valence-corrected chi connectivity index (χ0v) is 23.4. The molecule has 210 valence electrons. The summed E-state index contributed by atoms with van der Waals surface area (Å²) < 4.78 is 6.33. The van der Waals surface area contributed by atoms with Crippen molar-refractivity contribution in [2.45, 2.75) is 26.0 Å². The number of fused-ring (bicyclic) bond motifs is 1. The average molecular weight is 546 g/mol. The average Bonchev–Trinajstić information content (AvgIpc) is 2.97. The Morgan fingerprint density at radius 2 is 1.70 bits per heavy atom. The topological polar surface area (TPSA) is 116 Å². The highest BCUT2D eigenvalue weighted by Crippen LogP contribution is 2.30. The summed E-state index contributed by atoms with van der Waals surface area (Å²) in [6.45, 7) is 4.14. The number of ether oxygens (including phenoxy) is 1.